The Hall–Kier alpha value is -3.87. The summed E-state index contributed by atoms with van der Waals surface area (Å²) < 4.78 is 47.9. The number of anilines is 1. The Morgan fingerprint density at radius 1 is 1.27 bits per heavy atom. The quantitative estimate of drug-likeness (QED) is 0.435. The highest BCUT2D eigenvalue weighted by Gasteiger charge is 2.36. The first kappa shape index (κ1) is 29.1. The fourth-order valence-electron chi connectivity index (χ4n) is 4.51. The highest BCUT2D eigenvalue weighted by Crippen LogP contribution is 2.36. The van der Waals surface area contributed by atoms with Crippen molar-refractivity contribution in [2.24, 2.45) is 7.05 Å². The lowest BCUT2D eigenvalue weighted by atomic mass is 9.98. The third-order valence-corrected chi connectivity index (χ3v) is 6.79. The highest BCUT2D eigenvalue weighted by atomic mass is 35.5. The van der Waals surface area contributed by atoms with Crippen LogP contribution in [0.4, 0.5) is 19.1 Å². The fourth-order valence-corrected chi connectivity index (χ4v) is 4.74. The number of imidazole rings is 1. The van der Waals surface area contributed by atoms with Gasteiger partial charge in [-0.15, -0.1) is 0 Å². The molecule has 0 fully saturated rings. The van der Waals surface area contributed by atoms with Gasteiger partial charge in [0, 0.05) is 30.3 Å². The smallest absolute Gasteiger partial charge is 0.417 e. The number of hydrogen-bond donors (Lipinski definition) is 1. The lowest BCUT2D eigenvalue weighted by Gasteiger charge is -2.34. The van der Waals surface area contributed by atoms with Crippen LogP contribution in [0.2, 0.25) is 5.02 Å². The van der Waals surface area contributed by atoms with Crippen LogP contribution >= 0.6 is 11.6 Å². The molecule has 1 atom stereocenters. The molecular formula is C26H28ClF3N6O4. The molecule has 14 heteroatoms. The third-order valence-electron chi connectivity index (χ3n) is 6.46. The van der Waals surface area contributed by atoms with Gasteiger partial charge in [-0.1, -0.05) is 11.6 Å². The second-order valence-electron chi connectivity index (χ2n) is 9.70. The van der Waals surface area contributed by atoms with Gasteiger partial charge in [0.15, 0.2) is 0 Å². The van der Waals surface area contributed by atoms with E-state index in [4.69, 9.17) is 16.3 Å². The van der Waals surface area contributed by atoms with Crippen molar-refractivity contribution in [1.29, 1.82) is 0 Å². The zero-order chi connectivity index (χ0) is 29.5. The molecule has 3 heterocycles. The molecule has 0 bridgehead atoms. The Balaban J connectivity index is 1.77. The van der Waals surface area contributed by atoms with E-state index in [9.17, 15) is 27.6 Å². The topological polar surface area (TPSA) is 111 Å². The van der Waals surface area contributed by atoms with Crippen molar-refractivity contribution in [1.82, 2.24) is 24.0 Å². The Labute approximate surface area is 232 Å². The lowest BCUT2D eigenvalue weighted by molar-refractivity contribution is -0.137. The molecule has 0 spiro atoms. The maximum atomic E-state index is 13.8. The zero-order valence-electron chi connectivity index (χ0n) is 22.5. The molecule has 1 aliphatic heterocycles. The average molecular weight is 581 g/mol. The molecule has 4 rings (SSSR count). The van der Waals surface area contributed by atoms with Crippen molar-refractivity contribution in [2.45, 2.75) is 58.9 Å². The number of carbonyl (C=O) groups is 2. The summed E-state index contributed by atoms with van der Waals surface area (Å²) >= 11 is 5.72. The number of carbonyl (C=O) groups excluding carboxylic acids is 2. The summed E-state index contributed by atoms with van der Waals surface area (Å²) in [5.74, 6) is -0.971. The molecule has 1 N–H and O–H groups in total. The number of esters is 1. The largest absolute Gasteiger partial charge is 0.461 e. The lowest BCUT2D eigenvalue weighted by Crippen LogP contribution is -2.46. The van der Waals surface area contributed by atoms with E-state index in [1.165, 1.54) is 26.3 Å². The summed E-state index contributed by atoms with van der Waals surface area (Å²) in [6.07, 6.45) is -3.32. The van der Waals surface area contributed by atoms with Gasteiger partial charge >= 0.3 is 12.1 Å². The van der Waals surface area contributed by atoms with E-state index in [-0.39, 0.29) is 48.8 Å². The summed E-state index contributed by atoms with van der Waals surface area (Å²) in [6.45, 7) is 7.13. The van der Waals surface area contributed by atoms with Gasteiger partial charge in [0.1, 0.15) is 5.69 Å². The Bertz CT molecular complexity index is 1530. The minimum absolute atomic E-state index is 0.100. The molecule has 1 aliphatic rings. The van der Waals surface area contributed by atoms with Crippen LogP contribution in [0.1, 0.15) is 65.4 Å². The first-order chi connectivity index (χ1) is 18.7. The number of rotatable bonds is 6. The normalized spacial score (nSPS) is 15.2. The minimum atomic E-state index is -4.73. The monoisotopic (exact) mass is 580 g/mol. The molecule has 0 saturated carbocycles. The summed E-state index contributed by atoms with van der Waals surface area (Å²) in [4.78, 5) is 49.8. The van der Waals surface area contributed by atoms with Crippen LogP contribution in [0.5, 0.6) is 0 Å². The van der Waals surface area contributed by atoms with Gasteiger partial charge in [0.25, 0.3) is 11.5 Å². The predicted octanol–water partition coefficient (Wildman–Crippen LogP) is 4.22. The van der Waals surface area contributed by atoms with E-state index in [0.29, 0.717) is 11.3 Å². The molecule has 3 aromatic rings. The summed E-state index contributed by atoms with van der Waals surface area (Å²) in [5, 5.41) is 2.60. The second kappa shape index (κ2) is 11.0. The number of ether oxygens (including phenoxy) is 1. The third kappa shape index (κ3) is 5.42. The van der Waals surface area contributed by atoms with E-state index >= 15 is 0 Å². The zero-order valence-corrected chi connectivity index (χ0v) is 23.2. The number of alkyl halides is 3. The van der Waals surface area contributed by atoms with Crippen LogP contribution < -0.4 is 10.9 Å². The van der Waals surface area contributed by atoms with Gasteiger partial charge in [-0.2, -0.15) is 13.2 Å². The molecule has 2 aromatic heterocycles. The van der Waals surface area contributed by atoms with Gasteiger partial charge < -0.3 is 19.5 Å². The Morgan fingerprint density at radius 2 is 1.98 bits per heavy atom. The molecule has 0 aliphatic carbocycles. The van der Waals surface area contributed by atoms with Crippen molar-refractivity contribution < 1.29 is 27.5 Å². The maximum Gasteiger partial charge on any atom is 0.417 e. The minimum Gasteiger partial charge on any atom is -0.461 e. The number of benzene rings is 1. The Kier molecular flexibility index (Phi) is 7.97. The number of aromatic nitrogens is 4. The first-order valence-corrected chi connectivity index (χ1v) is 12.9. The van der Waals surface area contributed by atoms with Crippen LogP contribution in [-0.2, 0) is 30.9 Å². The van der Waals surface area contributed by atoms with Crippen LogP contribution in [0.15, 0.2) is 29.2 Å². The SMILES string of the molecule is CCOC(=O)c1cnc(-n2c(NC(C)C)nc3c(c2=O)C[C@@H](C)N(C(=O)c2ccc(Cl)c(C(F)(F)F)c2)C3)n1C. The van der Waals surface area contributed by atoms with Gasteiger partial charge in [0.2, 0.25) is 11.9 Å². The highest BCUT2D eigenvalue weighted by molar-refractivity contribution is 6.31. The average Bonchev–Trinajstić information content (AvgIpc) is 3.24. The van der Waals surface area contributed by atoms with Crippen LogP contribution in [0, 0.1) is 0 Å². The van der Waals surface area contributed by atoms with E-state index in [1.54, 1.807) is 20.9 Å². The fraction of sp³-hybridized carbons (Fsp3) is 0.423. The van der Waals surface area contributed by atoms with E-state index < -0.39 is 40.2 Å². The number of fused-ring (bicyclic) bond motifs is 1. The summed E-state index contributed by atoms with van der Waals surface area (Å²) in [5.41, 5.74) is -0.947. The maximum absolute atomic E-state index is 13.8. The predicted molar refractivity (Wildman–Crippen MR) is 141 cm³/mol. The standard InChI is InChI=1S/C26H28ClF3N6O4/c1-6-40-23(39)20-11-31-25(34(20)5)36-22(38)16-9-14(4)35(12-19(16)33-24(36)32-13(2)3)21(37)15-7-8-18(27)17(10-15)26(28,29)30/h7-8,10-11,13-14H,6,9,12H2,1-5H3,(H,32,33)/t14-/m1/s1. The molecule has 0 unspecified atom stereocenters. The van der Waals surface area contributed by atoms with Crippen LogP contribution in [0.25, 0.3) is 5.95 Å². The molecule has 214 valence electrons. The van der Waals surface area contributed by atoms with E-state index in [1.807, 2.05) is 13.8 Å². The first-order valence-electron chi connectivity index (χ1n) is 12.5. The van der Waals surface area contributed by atoms with Crippen molar-refractivity contribution in [2.75, 3.05) is 11.9 Å². The molecule has 40 heavy (non-hydrogen) atoms. The summed E-state index contributed by atoms with van der Waals surface area (Å²) in [6, 6.07) is 2.32. The number of nitrogens with zero attached hydrogens (tertiary/aromatic N) is 5. The second-order valence-corrected chi connectivity index (χ2v) is 10.1. The number of halogens is 4. The molecular weight excluding hydrogens is 553 g/mol. The van der Waals surface area contributed by atoms with Gasteiger partial charge in [-0.05, 0) is 52.3 Å². The van der Waals surface area contributed by atoms with E-state index in [0.717, 1.165) is 12.1 Å². The number of nitrogens with one attached hydrogen (secondary N) is 1. The Morgan fingerprint density at radius 3 is 2.60 bits per heavy atom. The molecule has 1 amide bonds. The number of amides is 1. The van der Waals surface area contributed by atoms with Crippen molar-refractivity contribution in [3.63, 3.8) is 0 Å². The molecule has 0 radical (unpaired) electrons. The van der Waals surface area contributed by atoms with Crippen LogP contribution in [0.3, 0.4) is 0 Å². The number of hydrogen-bond acceptors (Lipinski definition) is 7. The van der Waals surface area contributed by atoms with Crippen molar-refractivity contribution in [3.8, 4) is 5.95 Å². The molecule has 1 aromatic carbocycles. The van der Waals surface area contributed by atoms with Crippen LogP contribution in [-0.4, -0.2) is 54.6 Å². The van der Waals surface area contributed by atoms with Gasteiger partial charge in [0.05, 0.1) is 35.6 Å². The van der Waals surface area contributed by atoms with Crippen molar-refractivity contribution in [3.05, 3.63) is 67.9 Å². The van der Waals surface area contributed by atoms with E-state index in [2.05, 4.69) is 15.3 Å². The van der Waals surface area contributed by atoms with Crippen molar-refractivity contribution >= 4 is 29.4 Å². The van der Waals surface area contributed by atoms with Gasteiger partial charge in [-0.25, -0.2) is 19.3 Å². The summed E-state index contributed by atoms with van der Waals surface area (Å²) in [7, 11) is 1.57. The van der Waals surface area contributed by atoms with Gasteiger partial charge in [-0.3, -0.25) is 9.59 Å². The molecule has 0 saturated heterocycles. The molecule has 10 nitrogen and oxygen atoms in total.